The fourth-order valence-electron chi connectivity index (χ4n) is 3.87. The normalized spacial score (nSPS) is 28.9. The number of piperidine rings is 1. The van der Waals surface area contributed by atoms with Gasteiger partial charge in [-0.25, -0.2) is 0 Å². The van der Waals surface area contributed by atoms with Gasteiger partial charge >= 0.3 is 0 Å². The average Bonchev–Trinajstić information content (AvgIpc) is 2.54. The number of hydrogen-bond donors (Lipinski definition) is 1. The van der Waals surface area contributed by atoms with Gasteiger partial charge in [0, 0.05) is 36.2 Å². The van der Waals surface area contributed by atoms with Crippen LogP contribution in [0.3, 0.4) is 0 Å². The number of hydrogen-bond acceptors (Lipinski definition) is 3. The molecule has 0 amide bonds. The monoisotopic (exact) mass is 321 g/mol. The zero-order valence-electron chi connectivity index (χ0n) is 13.8. The van der Waals surface area contributed by atoms with Gasteiger partial charge in [0.15, 0.2) is 0 Å². The van der Waals surface area contributed by atoms with Crippen LogP contribution >= 0.6 is 11.6 Å². The molecule has 1 unspecified atom stereocenters. The molecule has 0 radical (unpaired) electrons. The molecule has 0 bridgehead atoms. The molecule has 1 aromatic rings. The van der Waals surface area contributed by atoms with Crippen molar-refractivity contribution < 1.29 is 0 Å². The number of likely N-dealkylation sites (N-methyl/N-ethyl adjacent to an activating group) is 1. The summed E-state index contributed by atoms with van der Waals surface area (Å²) in [4.78, 5) is 5.30. The molecule has 3 rings (SSSR count). The summed E-state index contributed by atoms with van der Waals surface area (Å²) >= 11 is 6.02. The molecule has 2 atom stereocenters. The Morgan fingerprint density at radius 2 is 1.82 bits per heavy atom. The van der Waals surface area contributed by atoms with E-state index in [-0.39, 0.29) is 0 Å². The van der Waals surface area contributed by atoms with Gasteiger partial charge in [0.25, 0.3) is 0 Å². The first-order valence-corrected chi connectivity index (χ1v) is 8.92. The van der Waals surface area contributed by atoms with Crippen LogP contribution in [0.25, 0.3) is 0 Å². The van der Waals surface area contributed by atoms with E-state index >= 15 is 0 Å². The highest BCUT2D eigenvalue weighted by Crippen LogP contribution is 2.24. The number of rotatable bonds is 3. The smallest absolute Gasteiger partial charge is 0.0406 e. The molecule has 0 spiro atoms. The van der Waals surface area contributed by atoms with Crippen LogP contribution in [-0.4, -0.2) is 61.2 Å². The predicted octanol–water partition coefficient (Wildman–Crippen LogP) is 2.64. The van der Waals surface area contributed by atoms with Gasteiger partial charge in [-0.2, -0.15) is 0 Å². The maximum atomic E-state index is 6.02. The quantitative estimate of drug-likeness (QED) is 0.923. The Bertz CT molecular complexity index is 470. The van der Waals surface area contributed by atoms with Gasteiger partial charge in [-0.3, -0.25) is 4.90 Å². The number of nitrogens with one attached hydrogen (secondary N) is 1. The van der Waals surface area contributed by atoms with E-state index in [2.05, 4.69) is 41.2 Å². The van der Waals surface area contributed by atoms with Gasteiger partial charge in [-0.1, -0.05) is 23.7 Å². The Labute approximate surface area is 139 Å². The van der Waals surface area contributed by atoms with Crippen molar-refractivity contribution >= 4 is 11.6 Å². The minimum absolute atomic E-state index is 0.616. The maximum absolute atomic E-state index is 6.02. The van der Waals surface area contributed by atoms with Crippen molar-refractivity contribution in [2.24, 2.45) is 0 Å². The first-order valence-electron chi connectivity index (χ1n) is 8.54. The van der Waals surface area contributed by atoms with E-state index in [1.165, 1.54) is 38.0 Å². The molecule has 2 fully saturated rings. The van der Waals surface area contributed by atoms with E-state index in [1.54, 1.807) is 0 Å². The largest absolute Gasteiger partial charge is 0.317 e. The second kappa shape index (κ2) is 7.31. The van der Waals surface area contributed by atoms with Crippen LogP contribution in [0, 0.1) is 0 Å². The van der Waals surface area contributed by atoms with Crippen molar-refractivity contribution in [2.45, 2.75) is 44.3 Å². The summed E-state index contributed by atoms with van der Waals surface area (Å²) in [5.41, 5.74) is 1.40. The molecular weight excluding hydrogens is 294 g/mol. The molecule has 2 aliphatic heterocycles. The van der Waals surface area contributed by atoms with Crippen LogP contribution in [0.1, 0.15) is 25.3 Å². The highest BCUT2D eigenvalue weighted by Gasteiger charge is 2.34. The first kappa shape index (κ1) is 16.3. The highest BCUT2D eigenvalue weighted by molar-refractivity contribution is 6.30. The Morgan fingerprint density at radius 1 is 1.14 bits per heavy atom. The van der Waals surface area contributed by atoms with Gasteiger partial charge < -0.3 is 10.2 Å². The second-order valence-corrected chi connectivity index (χ2v) is 7.39. The number of nitrogens with zero attached hydrogens (tertiary/aromatic N) is 2. The first-order chi connectivity index (χ1) is 10.6. The third-order valence-corrected chi connectivity index (χ3v) is 5.61. The van der Waals surface area contributed by atoms with E-state index in [4.69, 9.17) is 11.6 Å². The molecule has 0 aromatic heterocycles. The van der Waals surface area contributed by atoms with Crippen molar-refractivity contribution in [1.82, 2.24) is 15.1 Å². The zero-order chi connectivity index (χ0) is 15.5. The third kappa shape index (κ3) is 3.83. The lowest BCUT2D eigenvalue weighted by Gasteiger charge is -2.48. The Morgan fingerprint density at radius 3 is 2.50 bits per heavy atom. The standard InChI is InChI=1S/C18H28ClN3/c1-14-12-22(17-7-9-20-10-8-17)18(13-21(14)2)11-15-3-5-16(19)6-4-15/h3-6,14,17-18,20H,7-13H2,1-2H3/t14-,18?/m0/s1. The average molecular weight is 322 g/mol. The number of benzene rings is 1. The molecule has 1 aromatic carbocycles. The molecule has 0 aliphatic carbocycles. The Kier molecular flexibility index (Phi) is 5.40. The zero-order valence-corrected chi connectivity index (χ0v) is 14.5. The van der Waals surface area contributed by atoms with Gasteiger partial charge in [-0.05, 0) is 64.0 Å². The van der Waals surface area contributed by atoms with Crippen molar-refractivity contribution in [3.63, 3.8) is 0 Å². The molecule has 2 heterocycles. The van der Waals surface area contributed by atoms with Crippen molar-refractivity contribution in [3.8, 4) is 0 Å². The SMILES string of the molecule is C[C@H]1CN(C2CCNCC2)C(Cc2ccc(Cl)cc2)CN1C. The lowest BCUT2D eigenvalue weighted by atomic mass is 9.95. The molecule has 22 heavy (non-hydrogen) atoms. The Hall–Kier alpha value is -0.610. The summed E-state index contributed by atoms with van der Waals surface area (Å²) in [6.45, 7) is 7.04. The molecule has 2 aliphatic rings. The van der Waals surface area contributed by atoms with E-state index in [1.807, 2.05) is 12.1 Å². The van der Waals surface area contributed by atoms with Crippen LogP contribution in [-0.2, 0) is 6.42 Å². The van der Waals surface area contributed by atoms with E-state index in [9.17, 15) is 0 Å². The van der Waals surface area contributed by atoms with Crippen LogP contribution < -0.4 is 5.32 Å². The second-order valence-electron chi connectivity index (χ2n) is 6.95. The topological polar surface area (TPSA) is 18.5 Å². The summed E-state index contributed by atoms with van der Waals surface area (Å²) < 4.78 is 0. The third-order valence-electron chi connectivity index (χ3n) is 5.36. The lowest BCUT2D eigenvalue weighted by Crippen LogP contribution is -2.61. The summed E-state index contributed by atoms with van der Waals surface area (Å²) in [5, 5.41) is 4.32. The van der Waals surface area contributed by atoms with Gasteiger partial charge in [0.2, 0.25) is 0 Å². The maximum Gasteiger partial charge on any atom is 0.0406 e. The van der Waals surface area contributed by atoms with E-state index in [0.29, 0.717) is 12.1 Å². The van der Waals surface area contributed by atoms with Crippen LogP contribution in [0.15, 0.2) is 24.3 Å². The summed E-state index contributed by atoms with van der Waals surface area (Å²) in [6, 6.07) is 10.4. The van der Waals surface area contributed by atoms with Crippen LogP contribution in [0.5, 0.6) is 0 Å². The number of piperazine rings is 1. The summed E-state index contributed by atoms with van der Waals surface area (Å²) in [5.74, 6) is 0. The summed E-state index contributed by atoms with van der Waals surface area (Å²) in [6.07, 6.45) is 3.69. The molecule has 4 heteroatoms. The molecule has 0 saturated carbocycles. The van der Waals surface area contributed by atoms with Crippen LogP contribution in [0.4, 0.5) is 0 Å². The van der Waals surface area contributed by atoms with E-state index in [0.717, 1.165) is 24.0 Å². The number of halogens is 1. The molecule has 2 saturated heterocycles. The summed E-state index contributed by atoms with van der Waals surface area (Å²) in [7, 11) is 2.26. The Balaban J connectivity index is 1.73. The lowest BCUT2D eigenvalue weighted by molar-refractivity contribution is 0.0112. The minimum atomic E-state index is 0.616. The fourth-order valence-corrected chi connectivity index (χ4v) is 4.00. The van der Waals surface area contributed by atoms with E-state index < -0.39 is 0 Å². The van der Waals surface area contributed by atoms with Gasteiger partial charge in [0.1, 0.15) is 0 Å². The predicted molar refractivity (Wildman–Crippen MR) is 93.6 cm³/mol. The molecule has 1 N–H and O–H groups in total. The van der Waals surface area contributed by atoms with Gasteiger partial charge in [-0.15, -0.1) is 0 Å². The van der Waals surface area contributed by atoms with Gasteiger partial charge in [0.05, 0.1) is 0 Å². The minimum Gasteiger partial charge on any atom is -0.317 e. The van der Waals surface area contributed by atoms with Crippen molar-refractivity contribution in [1.29, 1.82) is 0 Å². The fraction of sp³-hybridized carbons (Fsp3) is 0.667. The van der Waals surface area contributed by atoms with Crippen LogP contribution in [0.2, 0.25) is 5.02 Å². The van der Waals surface area contributed by atoms with Crippen molar-refractivity contribution in [2.75, 3.05) is 33.2 Å². The van der Waals surface area contributed by atoms with Crippen molar-refractivity contribution in [3.05, 3.63) is 34.9 Å². The molecule has 122 valence electrons. The highest BCUT2D eigenvalue weighted by atomic mass is 35.5. The molecule has 3 nitrogen and oxygen atoms in total. The molecular formula is C18H28ClN3.